The second kappa shape index (κ2) is 7.36. The SMILES string of the molecule is CC(C)CN(CC(=O)O)C(=O)NC1CCC(C)CC1. The molecule has 2 N–H and O–H groups in total. The van der Waals surface area contributed by atoms with Crippen LogP contribution in [0.4, 0.5) is 4.79 Å². The molecule has 0 aromatic carbocycles. The number of carboxylic acids is 1. The summed E-state index contributed by atoms with van der Waals surface area (Å²) in [5.41, 5.74) is 0. The third kappa shape index (κ3) is 5.94. The van der Waals surface area contributed by atoms with Crippen molar-refractivity contribution >= 4 is 12.0 Å². The minimum atomic E-state index is -0.965. The number of nitrogens with zero attached hydrogens (tertiary/aromatic N) is 1. The molecule has 0 aromatic heterocycles. The summed E-state index contributed by atoms with van der Waals surface area (Å²) in [6.07, 6.45) is 4.26. The van der Waals surface area contributed by atoms with Crippen molar-refractivity contribution in [3.05, 3.63) is 0 Å². The summed E-state index contributed by atoms with van der Waals surface area (Å²) in [6.45, 7) is 6.43. The number of aliphatic carboxylic acids is 1. The zero-order valence-corrected chi connectivity index (χ0v) is 12.2. The van der Waals surface area contributed by atoms with Crippen molar-refractivity contribution in [2.45, 2.75) is 52.5 Å². The number of hydrogen-bond donors (Lipinski definition) is 2. The van der Waals surface area contributed by atoms with Gasteiger partial charge in [-0.25, -0.2) is 4.79 Å². The van der Waals surface area contributed by atoms with Crippen LogP contribution in [0, 0.1) is 11.8 Å². The van der Waals surface area contributed by atoms with Crippen molar-refractivity contribution in [2.75, 3.05) is 13.1 Å². The molecule has 1 aliphatic carbocycles. The molecule has 19 heavy (non-hydrogen) atoms. The zero-order chi connectivity index (χ0) is 14.4. The number of amides is 2. The van der Waals surface area contributed by atoms with Gasteiger partial charge in [0.05, 0.1) is 0 Å². The molecule has 1 rings (SSSR count). The maximum Gasteiger partial charge on any atom is 0.323 e. The average Bonchev–Trinajstić information content (AvgIpc) is 2.30. The predicted molar refractivity (Wildman–Crippen MR) is 74.0 cm³/mol. The second-order valence-corrected chi connectivity index (χ2v) is 6.07. The summed E-state index contributed by atoms with van der Waals surface area (Å²) in [6, 6.07) is -0.0391. The quantitative estimate of drug-likeness (QED) is 0.805. The number of rotatable bonds is 5. The summed E-state index contributed by atoms with van der Waals surface area (Å²) in [5, 5.41) is 11.8. The molecule has 5 nitrogen and oxygen atoms in total. The first-order chi connectivity index (χ1) is 8.88. The second-order valence-electron chi connectivity index (χ2n) is 6.07. The average molecular weight is 270 g/mol. The molecule has 0 aromatic rings. The Hall–Kier alpha value is -1.26. The van der Waals surface area contributed by atoms with Gasteiger partial charge in [-0.15, -0.1) is 0 Å². The molecule has 0 aliphatic heterocycles. The molecule has 0 saturated heterocycles. The van der Waals surface area contributed by atoms with Crippen LogP contribution in [0.1, 0.15) is 46.5 Å². The normalized spacial score (nSPS) is 23.2. The van der Waals surface area contributed by atoms with Crippen LogP contribution in [-0.2, 0) is 4.79 Å². The van der Waals surface area contributed by atoms with Crippen LogP contribution in [0.3, 0.4) is 0 Å². The van der Waals surface area contributed by atoms with E-state index in [-0.39, 0.29) is 24.5 Å². The zero-order valence-electron chi connectivity index (χ0n) is 12.2. The summed E-state index contributed by atoms with van der Waals surface area (Å²) in [5.74, 6) is 0.0310. The molecule has 1 fully saturated rings. The van der Waals surface area contributed by atoms with E-state index in [9.17, 15) is 9.59 Å². The summed E-state index contributed by atoms with van der Waals surface area (Å²) >= 11 is 0. The van der Waals surface area contributed by atoms with Crippen LogP contribution >= 0.6 is 0 Å². The first-order valence-electron chi connectivity index (χ1n) is 7.15. The Morgan fingerprint density at radius 1 is 1.26 bits per heavy atom. The van der Waals surface area contributed by atoms with Crippen molar-refractivity contribution in [1.29, 1.82) is 0 Å². The molecule has 5 heteroatoms. The first kappa shape index (κ1) is 15.8. The van der Waals surface area contributed by atoms with Crippen LogP contribution in [0.15, 0.2) is 0 Å². The molecule has 0 atom stereocenters. The highest BCUT2D eigenvalue weighted by Gasteiger charge is 2.23. The number of carbonyl (C=O) groups is 2. The Kier molecular flexibility index (Phi) is 6.12. The van der Waals surface area contributed by atoms with E-state index < -0.39 is 5.97 Å². The Morgan fingerprint density at radius 3 is 2.32 bits per heavy atom. The summed E-state index contributed by atoms with van der Waals surface area (Å²) in [7, 11) is 0. The summed E-state index contributed by atoms with van der Waals surface area (Å²) < 4.78 is 0. The van der Waals surface area contributed by atoms with Gasteiger partial charge in [0.2, 0.25) is 0 Å². The minimum absolute atomic E-state index is 0.201. The van der Waals surface area contributed by atoms with Gasteiger partial charge in [-0.1, -0.05) is 20.8 Å². The molecular formula is C14H26N2O3. The first-order valence-corrected chi connectivity index (χ1v) is 7.15. The smallest absolute Gasteiger partial charge is 0.323 e. The lowest BCUT2D eigenvalue weighted by atomic mass is 9.87. The fraction of sp³-hybridized carbons (Fsp3) is 0.857. The van der Waals surface area contributed by atoms with Gasteiger partial charge in [0.15, 0.2) is 0 Å². The van der Waals surface area contributed by atoms with Gasteiger partial charge in [0, 0.05) is 12.6 Å². The molecule has 1 aliphatic rings. The molecule has 0 radical (unpaired) electrons. The van der Waals surface area contributed by atoms with E-state index in [2.05, 4.69) is 12.2 Å². The lowest BCUT2D eigenvalue weighted by molar-refractivity contribution is -0.137. The molecular weight excluding hydrogens is 244 g/mol. The van der Waals surface area contributed by atoms with E-state index in [0.717, 1.165) is 31.6 Å². The van der Waals surface area contributed by atoms with Crippen LogP contribution in [0.25, 0.3) is 0 Å². The molecule has 0 unspecified atom stereocenters. The lowest BCUT2D eigenvalue weighted by Crippen LogP contribution is -2.48. The van der Waals surface area contributed by atoms with Gasteiger partial charge in [0.25, 0.3) is 0 Å². The van der Waals surface area contributed by atoms with Gasteiger partial charge in [0.1, 0.15) is 6.54 Å². The topological polar surface area (TPSA) is 69.6 Å². The third-order valence-corrected chi connectivity index (χ3v) is 3.54. The van der Waals surface area contributed by atoms with Gasteiger partial charge >= 0.3 is 12.0 Å². The highest BCUT2D eigenvalue weighted by molar-refractivity contribution is 5.80. The highest BCUT2D eigenvalue weighted by Crippen LogP contribution is 2.23. The molecule has 0 bridgehead atoms. The standard InChI is InChI=1S/C14H26N2O3/c1-10(2)8-16(9-13(17)18)14(19)15-12-6-4-11(3)5-7-12/h10-12H,4-9H2,1-3H3,(H,15,19)(H,17,18). The van der Waals surface area contributed by atoms with E-state index in [1.807, 2.05) is 13.8 Å². The monoisotopic (exact) mass is 270 g/mol. The van der Waals surface area contributed by atoms with E-state index >= 15 is 0 Å². The van der Waals surface area contributed by atoms with Gasteiger partial charge < -0.3 is 15.3 Å². The molecule has 0 heterocycles. The predicted octanol–water partition coefficient (Wildman–Crippen LogP) is 2.32. The van der Waals surface area contributed by atoms with Crippen LogP contribution < -0.4 is 5.32 Å². The molecule has 1 saturated carbocycles. The van der Waals surface area contributed by atoms with Crippen molar-refractivity contribution in [1.82, 2.24) is 10.2 Å². The van der Waals surface area contributed by atoms with Crippen molar-refractivity contribution in [3.8, 4) is 0 Å². The van der Waals surface area contributed by atoms with Crippen LogP contribution in [0.2, 0.25) is 0 Å². The molecule has 110 valence electrons. The van der Waals surface area contributed by atoms with Gasteiger partial charge in [-0.2, -0.15) is 0 Å². The Balaban J connectivity index is 2.48. The van der Waals surface area contributed by atoms with Gasteiger partial charge in [-0.3, -0.25) is 4.79 Å². The third-order valence-electron chi connectivity index (χ3n) is 3.54. The van der Waals surface area contributed by atoms with E-state index in [1.165, 1.54) is 4.90 Å². The number of carbonyl (C=O) groups excluding carboxylic acids is 1. The Morgan fingerprint density at radius 2 is 1.84 bits per heavy atom. The fourth-order valence-corrected chi connectivity index (χ4v) is 2.49. The van der Waals surface area contributed by atoms with Gasteiger partial charge in [-0.05, 0) is 37.5 Å². The lowest BCUT2D eigenvalue weighted by Gasteiger charge is -2.30. The van der Waals surface area contributed by atoms with E-state index in [0.29, 0.717) is 6.54 Å². The van der Waals surface area contributed by atoms with Crippen molar-refractivity contribution < 1.29 is 14.7 Å². The summed E-state index contributed by atoms with van der Waals surface area (Å²) in [4.78, 5) is 24.3. The van der Waals surface area contributed by atoms with Crippen LogP contribution in [0.5, 0.6) is 0 Å². The van der Waals surface area contributed by atoms with E-state index in [4.69, 9.17) is 5.11 Å². The number of carboxylic acid groups (broad SMARTS) is 1. The Bertz CT molecular complexity index is 310. The minimum Gasteiger partial charge on any atom is -0.480 e. The largest absolute Gasteiger partial charge is 0.480 e. The number of hydrogen-bond acceptors (Lipinski definition) is 2. The maximum absolute atomic E-state index is 12.1. The fourth-order valence-electron chi connectivity index (χ4n) is 2.49. The molecule has 0 spiro atoms. The Labute approximate surface area is 115 Å². The van der Waals surface area contributed by atoms with Crippen LogP contribution in [-0.4, -0.2) is 41.1 Å². The maximum atomic E-state index is 12.1. The highest BCUT2D eigenvalue weighted by atomic mass is 16.4. The van der Waals surface area contributed by atoms with Crippen molar-refractivity contribution in [2.24, 2.45) is 11.8 Å². The number of nitrogens with one attached hydrogen (secondary N) is 1. The molecule has 2 amide bonds. The van der Waals surface area contributed by atoms with E-state index in [1.54, 1.807) is 0 Å². The van der Waals surface area contributed by atoms with Crippen molar-refractivity contribution in [3.63, 3.8) is 0 Å². The number of urea groups is 1.